The standard InChI is InChI=1S/C21H19FN2O2.C2H6/c1-13-4-5-15(10-14(13)2)21(25)9-6-16-11-20(24-23-16)18-8-7-17(26-3)12-19(18)22;1-2/h4-12H,1-3H3,(H,23,24);1-2H3/b9-6+;. The number of hydrogen-bond acceptors (Lipinski definition) is 3. The van der Waals surface area contributed by atoms with Crippen molar-refractivity contribution in [2.24, 2.45) is 0 Å². The van der Waals surface area contributed by atoms with Crippen molar-refractivity contribution in [3.63, 3.8) is 0 Å². The van der Waals surface area contributed by atoms with E-state index in [2.05, 4.69) is 10.2 Å². The summed E-state index contributed by atoms with van der Waals surface area (Å²) >= 11 is 0. The minimum atomic E-state index is -0.419. The first-order valence-corrected chi connectivity index (χ1v) is 9.17. The van der Waals surface area contributed by atoms with Gasteiger partial charge in [0.15, 0.2) is 5.78 Å². The third kappa shape index (κ3) is 4.94. The van der Waals surface area contributed by atoms with Crippen LogP contribution in [0.5, 0.6) is 5.75 Å². The van der Waals surface area contributed by atoms with E-state index in [-0.39, 0.29) is 5.78 Å². The van der Waals surface area contributed by atoms with Crippen LogP contribution in [0.4, 0.5) is 4.39 Å². The Labute approximate surface area is 165 Å². The fourth-order valence-electron chi connectivity index (χ4n) is 2.55. The summed E-state index contributed by atoms with van der Waals surface area (Å²) in [7, 11) is 1.48. The number of nitrogens with one attached hydrogen (secondary N) is 1. The number of allylic oxidation sites excluding steroid dienone is 1. The molecule has 0 fully saturated rings. The molecule has 0 aliphatic heterocycles. The number of carbonyl (C=O) groups excluding carboxylic acids is 1. The van der Waals surface area contributed by atoms with Crippen molar-refractivity contribution in [1.29, 1.82) is 0 Å². The van der Waals surface area contributed by atoms with E-state index in [9.17, 15) is 9.18 Å². The lowest BCUT2D eigenvalue weighted by Crippen LogP contribution is -1.95. The fraction of sp³-hybridized carbons (Fsp3) is 0.217. The summed E-state index contributed by atoms with van der Waals surface area (Å²) in [6, 6.07) is 11.9. The van der Waals surface area contributed by atoms with Gasteiger partial charge in [-0.1, -0.05) is 26.0 Å². The first kappa shape index (κ1) is 21.1. The van der Waals surface area contributed by atoms with Gasteiger partial charge >= 0.3 is 0 Å². The van der Waals surface area contributed by atoms with Crippen molar-refractivity contribution in [1.82, 2.24) is 10.2 Å². The van der Waals surface area contributed by atoms with E-state index >= 15 is 0 Å². The Hall–Kier alpha value is -3.21. The highest BCUT2D eigenvalue weighted by atomic mass is 19.1. The molecule has 4 nitrogen and oxygen atoms in total. The number of methoxy groups -OCH3 is 1. The van der Waals surface area contributed by atoms with Crippen LogP contribution in [0.3, 0.4) is 0 Å². The summed E-state index contributed by atoms with van der Waals surface area (Å²) < 4.78 is 19.1. The Morgan fingerprint density at radius 1 is 1.07 bits per heavy atom. The quantitative estimate of drug-likeness (QED) is 0.452. The molecule has 1 N–H and O–H groups in total. The molecule has 0 saturated heterocycles. The van der Waals surface area contributed by atoms with Gasteiger partial charge in [0.2, 0.25) is 0 Å². The number of aryl methyl sites for hydroxylation is 2. The van der Waals surface area contributed by atoms with Crippen molar-refractivity contribution in [3.8, 4) is 17.0 Å². The second kappa shape index (κ2) is 9.65. The third-order valence-corrected chi connectivity index (χ3v) is 4.26. The Balaban J connectivity index is 0.00000136. The van der Waals surface area contributed by atoms with Crippen LogP contribution in [0.25, 0.3) is 17.3 Å². The second-order valence-electron chi connectivity index (χ2n) is 6.05. The molecule has 0 aliphatic carbocycles. The maximum absolute atomic E-state index is 14.1. The van der Waals surface area contributed by atoms with Crippen LogP contribution >= 0.6 is 0 Å². The highest BCUT2D eigenvalue weighted by Crippen LogP contribution is 2.25. The van der Waals surface area contributed by atoms with E-state index in [4.69, 9.17) is 4.74 Å². The van der Waals surface area contributed by atoms with E-state index in [1.807, 2.05) is 39.8 Å². The molecular formula is C23H25FN2O2. The van der Waals surface area contributed by atoms with E-state index in [0.29, 0.717) is 28.3 Å². The Bertz CT molecular complexity index is 990. The number of ether oxygens (including phenoxy) is 1. The lowest BCUT2D eigenvalue weighted by atomic mass is 10.0. The fourth-order valence-corrected chi connectivity index (χ4v) is 2.55. The summed E-state index contributed by atoms with van der Waals surface area (Å²) in [4.78, 5) is 12.3. The molecule has 3 aromatic rings. The van der Waals surface area contributed by atoms with Crippen LogP contribution < -0.4 is 4.74 Å². The zero-order chi connectivity index (χ0) is 20.7. The maximum Gasteiger partial charge on any atom is 0.185 e. The monoisotopic (exact) mass is 380 g/mol. The smallest absolute Gasteiger partial charge is 0.185 e. The molecule has 0 atom stereocenters. The highest BCUT2D eigenvalue weighted by molar-refractivity contribution is 6.06. The summed E-state index contributed by atoms with van der Waals surface area (Å²) in [6.07, 6.45) is 3.11. The topological polar surface area (TPSA) is 55.0 Å². The minimum absolute atomic E-state index is 0.0973. The number of rotatable bonds is 5. The van der Waals surface area contributed by atoms with Crippen molar-refractivity contribution in [2.75, 3.05) is 7.11 Å². The number of halogens is 1. The molecule has 2 aromatic carbocycles. The number of benzene rings is 2. The molecule has 1 heterocycles. The van der Waals surface area contributed by atoms with Gasteiger partial charge in [0.1, 0.15) is 11.6 Å². The average molecular weight is 380 g/mol. The first-order valence-electron chi connectivity index (χ1n) is 9.17. The number of nitrogens with zero attached hydrogens (tertiary/aromatic N) is 1. The van der Waals surface area contributed by atoms with Crippen molar-refractivity contribution >= 4 is 11.9 Å². The van der Waals surface area contributed by atoms with E-state index in [1.165, 1.54) is 19.3 Å². The van der Waals surface area contributed by atoms with Gasteiger partial charge in [-0.05, 0) is 61.4 Å². The number of aromatic amines is 1. The number of H-pyrrole nitrogens is 1. The van der Waals surface area contributed by atoms with Crippen molar-refractivity contribution in [2.45, 2.75) is 27.7 Å². The molecule has 0 unspecified atom stereocenters. The van der Waals surface area contributed by atoms with E-state index in [0.717, 1.165) is 11.1 Å². The van der Waals surface area contributed by atoms with Crippen LogP contribution in [0.1, 0.15) is 41.0 Å². The van der Waals surface area contributed by atoms with E-state index in [1.54, 1.807) is 30.3 Å². The number of carbonyl (C=O) groups is 1. The van der Waals surface area contributed by atoms with Crippen molar-refractivity contribution in [3.05, 3.63) is 76.7 Å². The minimum Gasteiger partial charge on any atom is -0.497 e. The number of hydrogen-bond donors (Lipinski definition) is 1. The molecule has 0 aliphatic rings. The summed E-state index contributed by atoms with van der Waals surface area (Å²) in [6.45, 7) is 7.98. The molecule has 3 rings (SSSR count). The molecule has 0 bridgehead atoms. The van der Waals surface area contributed by atoms with E-state index < -0.39 is 5.82 Å². The van der Waals surface area contributed by atoms with Gasteiger partial charge in [-0.3, -0.25) is 9.89 Å². The van der Waals surface area contributed by atoms with Crippen LogP contribution in [0, 0.1) is 19.7 Å². The van der Waals surface area contributed by atoms with Crippen LogP contribution in [0.15, 0.2) is 48.5 Å². The Morgan fingerprint density at radius 2 is 1.82 bits per heavy atom. The molecule has 0 spiro atoms. The van der Waals surface area contributed by atoms with Crippen LogP contribution in [0.2, 0.25) is 0 Å². The largest absolute Gasteiger partial charge is 0.497 e. The molecule has 146 valence electrons. The SMILES string of the molecule is CC.COc1ccc(-c2cc(/C=C/C(=O)c3ccc(C)c(C)c3)[nH]n2)c(F)c1. The highest BCUT2D eigenvalue weighted by Gasteiger charge is 2.10. The zero-order valence-corrected chi connectivity index (χ0v) is 16.8. The summed E-state index contributed by atoms with van der Waals surface area (Å²) in [5.74, 6) is -0.0710. The van der Waals surface area contributed by atoms with Gasteiger partial charge in [-0.15, -0.1) is 0 Å². The zero-order valence-electron chi connectivity index (χ0n) is 16.8. The predicted molar refractivity (Wildman–Crippen MR) is 111 cm³/mol. The predicted octanol–water partition coefficient (Wildman–Crippen LogP) is 5.76. The molecule has 0 amide bonds. The summed E-state index contributed by atoms with van der Waals surface area (Å²) in [5, 5.41) is 6.91. The maximum atomic E-state index is 14.1. The Kier molecular flexibility index (Phi) is 7.27. The molecular weight excluding hydrogens is 355 g/mol. The lowest BCUT2D eigenvalue weighted by molar-refractivity contribution is 0.104. The molecule has 1 aromatic heterocycles. The first-order chi connectivity index (χ1) is 13.5. The molecule has 0 radical (unpaired) electrons. The normalized spacial score (nSPS) is 10.5. The van der Waals surface area contributed by atoms with Gasteiger partial charge in [-0.2, -0.15) is 5.10 Å². The second-order valence-corrected chi connectivity index (χ2v) is 6.05. The molecule has 0 saturated carbocycles. The van der Waals surface area contributed by atoms with Gasteiger partial charge in [0, 0.05) is 17.2 Å². The van der Waals surface area contributed by atoms with Crippen LogP contribution in [-0.4, -0.2) is 23.1 Å². The molecule has 5 heteroatoms. The summed E-state index contributed by atoms with van der Waals surface area (Å²) in [5.41, 5.74) is 4.29. The van der Waals surface area contributed by atoms with Gasteiger partial charge < -0.3 is 4.74 Å². The van der Waals surface area contributed by atoms with Gasteiger partial charge in [-0.25, -0.2) is 4.39 Å². The van der Waals surface area contributed by atoms with Crippen molar-refractivity contribution < 1.29 is 13.9 Å². The number of ketones is 1. The molecule has 28 heavy (non-hydrogen) atoms. The van der Waals surface area contributed by atoms with Gasteiger partial charge in [0.25, 0.3) is 0 Å². The Morgan fingerprint density at radius 3 is 2.46 bits per heavy atom. The number of aromatic nitrogens is 2. The third-order valence-electron chi connectivity index (χ3n) is 4.26. The van der Waals surface area contributed by atoms with Crippen LogP contribution in [-0.2, 0) is 0 Å². The average Bonchev–Trinajstić information content (AvgIpc) is 3.18. The van der Waals surface area contributed by atoms with Gasteiger partial charge in [0.05, 0.1) is 18.5 Å². The lowest BCUT2D eigenvalue weighted by Gasteiger charge is -2.02.